The van der Waals surface area contributed by atoms with Gasteiger partial charge in [-0.1, -0.05) is 71.1 Å². The summed E-state index contributed by atoms with van der Waals surface area (Å²) in [4.78, 5) is 0. The van der Waals surface area contributed by atoms with Crippen LogP contribution in [0.4, 0.5) is 0 Å². The van der Waals surface area contributed by atoms with Crippen LogP contribution in [0.15, 0.2) is 0 Å². The van der Waals surface area contributed by atoms with Crippen molar-refractivity contribution in [3.63, 3.8) is 0 Å². The summed E-state index contributed by atoms with van der Waals surface area (Å²) in [7, 11) is 3.43. The van der Waals surface area contributed by atoms with E-state index in [1.54, 1.807) is 14.2 Å². The fourth-order valence-electron chi connectivity index (χ4n) is 2.31. The molecule has 0 rings (SSSR count). The maximum absolute atomic E-state index is 5.17. The summed E-state index contributed by atoms with van der Waals surface area (Å²) >= 11 is 0. The molecule has 0 fully saturated rings. The number of unbranched alkanes of at least 4 members (excludes halogenated alkanes) is 10. The molecule has 0 aromatic heterocycles. The van der Waals surface area contributed by atoms with Gasteiger partial charge < -0.3 is 9.47 Å². The molecule has 0 aromatic carbocycles. The molecular formula is C16H34O2. The smallest absolute Gasteiger partial charge is 0.156 e. The summed E-state index contributed by atoms with van der Waals surface area (Å²) in [6, 6.07) is 0. The molecular weight excluding hydrogens is 224 g/mol. The molecule has 2 nitrogen and oxygen atoms in total. The molecule has 0 spiro atoms. The standard InChI is InChI=1S/C16H34O2/c1-4-5-6-7-8-9-10-11-12-13-14-15-16(17-2)18-3/h16H,4-15H2,1-3H3. The number of hydrogen-bond acceptors (Lipinski definition) is 2. The lowest BCUT2D eigenvalue weighted by Gasteiger charge is -2.12. The van der Waals surface area contributed by atoms with Gasteiger partial charge in [0.15, 0.2) is 6.29 Å². The van der Waals surface area contributed by atoms with E-state index in [2.05, 4.69) is 6.92 Å². The van der Waals surface area contributed by atoms with Gasteiger partial charge in [0.1, 0.15) is 0 Å². The van der Waals surface area contributed by atoms with Gasteiger partial charge >= 0.3 is 0 Å². The van der Waals surface area contributed by atoms with Crippen molar-refractivity contribution in [2.75, 3.05) is 14.2 Å². The third-order valence-corrected chi connectivity index (χ3v) is 3.57. The lowest BCUT2D eigenvalue weighted by Crippen LogP contribution is -2.12. The van der Waals surface area contributed by atoms with Gasteiger partial charge in [-0.25, -0.2) is 0 Å². The molecule has 0 bridgehead atoms. The van der Waals surface area contributed by atoms with E-state index in [4.69, 9.17) is 9.47 Å². The maximum Gasteiger partial charge on any atom is 0.156 e. The average molecular weight is 258 g/mol. The van der Waals surface area contributed by atoms with Crippen LogP contribution in [0.1, 0.15) is 84.0 Å². The van der Waals surface area contributed by atoms with Crippen molar-refractivity contribution in [3.05, 3.63) is 0 Å². The van der Waals surface area contributed by atoms with Crippen molar-refractivity contribution in [2.45, 2.75) is 90.3 Å². The Bertz CT molecular complexity index is 144. The fourth-order valence-corrected chi connectivity index (χ4v) is 2.31. The third kappa shape index (κ3) is 12.4. The first kappa shape index (κ1) is 17.9. The quantitative estimate of drug-likeness (QED) is 0.311. The van der Waals surface area contributed by atoms with E-state index >= 15 is 0 Å². The maximum atomic E-state index is 5.17. The number of hydrogen-bond donors (Lipinski definition) is 0. The Morgan fingerprint density at radius 3 is 1.39 bits per heavy atom. The van der Waals surface area contributed by atoms with Crippen molar-refractivity contribution in [1.82, 2.24) is 0 Å². The summed E-state index contributed by atoms with van der Waals surface area (Å²) in [5.74, 6) is 0. The normalized spacial score (nSPS) is 11.3. The molecule has 0 saturated heterocycles. The lowest BCUT2D eigenvalue weighted by molar-refractivity contribution is -0.107. The van der Waals surface area contributed by atoms with Gasteiger partial charge in [0, 0.05) is 14.2 Å². The van der Waals surface area contributed by atoms with Crippen LogP contribution in [0.2, 0.25) is 0 Å². The SMILES string of the molecule is CCCCCCCCCCCCCC(OC)OC. The zero-order chi connectivity index (χ0) is 13.5. The highest BCUT2D eigenvalue weighted by molar-refractivity contribution is 4.50. The Morgan fingerprint density at radius 2 is 1.00 bits per heavy atom. The predicted molar refractivity (Wildman–Crippen MR) is 78.9 cm³/mol. The minimum Gasteiger partial charge on any atom is -0.356 e. The Hall–Kier alpha value is -0.0800. The van der Waals surface area contributed by atoms with Crippen molar-refractivity contribution in [3.8, 4) is 0 Å². The zero-order valence-electron chi connectivity index (χ0n) is 12.9. The minimum atomic E-state index is 0.00330. The van der Waals surface area contributed by atoms with Crippen molar-refractivity contribution in [2.24, 2.45) is 0 Å². The third-order valence-electron chi connectivity index (χ3n) is 3.57. The second-order valence-electron chi connectivity index (χ2n) is 5.23. The first-order valence-corrected chi connectivity index (χ1v) is 7.90. The average Bonchev–Trinajstić information content (AvgIpc) is 2.40. The number of rotatable bonds is 14. The molecule has 0 aliphatic rings. The Kier molecular flexibility index (Phi) is 14.9. The molecule has 0 aliphatic heterocycles. The summed E-state index contributed by atoms with van der Waals surface area (Å²) in [6.45, 7) is 2.28. The molecule has 0 unspecified atom stereocenters. The van der Waals surface area contributed by atoms with E-state index in [0.717, 1.165) is 6.42 Å². The molecule has 0 radical (unpaired) electrons. The Morgan fingerprint density at radius 1 is 0.611 bits per heavy atom. The minimum absolute atomic E-state index is 0.00330. The molecule has 0 N–H and O–H groups in total. The van der Waals surface area contributed by atoms with Crippen LogP contribution in [0.25, 0.3) is 0 Å². The molecule has 18 heavy (non-hydrogen) atoms. The fraction of sp³-hybridized carbons (Fsp3) is 1.00. The predicted octanol–water partition coefficient (Wildman–Crippen LogP) is 5.31. The molecule has 0 aliphatic carbocycles. The highest BCUT2D eigenvalue weighted by Gasteiger charge is 2.03. The van der Waals surface area contributed by atoms with Gasteiger partial charge in [-0.2, -0.15) is 0 Å². The summed E-state index contributed by atoms with van der Waals surface area (Å²) < 4.78 is 10.3. The monoisotopic (exact) mass is 258 g/mol. The molecule has 110 valence electrons. The summed E-state index contributed by atoms with van der Waals surface area (Å²) in [5, 5.41) is 0. The van der Waals surface area contributed by atoms with Crippen LogP contribution >= 0.6 is 0 Å². The van der Waals surface area contributed by atoms with E-state index in [9.17, 15) is 0 Å². The first-order chi connectivity index (χ1) is 8.85. The van der Waals surface area contributed by atoms with Gasteiger partial charge in [-0.05, 0) is 12.8 Å². The van der Waals surface area contributed by atoms with Gasteiger partial charge in [-0.3, -0.25) is 0 Å². The largest absolute Gasteiger partial charge is 0.356 e. The molecule has 0 atom stereocenters. The van der Waals surface area contributed by atoms with Crippen LogP contribution < -0.4 is 0 Å². The van der Waals surface area contributed by atoms with E-state index in [1.807, 2.05) is 0 Å². The van der Waals surface area contributed by atoms with Crippen molar-refractivity contribution >= 4 is 0 Å². The topological polar surface area (TPSA) is 18.5 Å². The van der Waals surface area contributed by atoms with E-state index in [1.165, 1.54) is 70.6 Å². The Balaban J connectivity index is 3.03. The van der Waals surface area contributed by atoms with Crippen molar-refractivity contribution in [1.29, 1.82) is 0 Å². The van der Waals surface area contributed by atoms with Crippen LogP contribution in [-0.4, -0.2) is 20.5 Å². The number of methoxy groups -OCH3 is 2. The Labute approximate surface area is 114 Å². The summed E-state index contributed by atoms with van der Waals surface area (Å²) in [6.07, 6.45) is 16.3. The van der Waals surface area contributed by atoms with Gasteiger partial charge in [0.25, 0.3) is 0 Å². The van der Waals surface area contributed by atoms with Gasteiger partial charge in [-0.15, -0.1) is 0 Å². The van der Waals surface area contributed by atoms with Gasteiger partial charge in [0.05, 0.1) is 0 Å². The van der Waals surface area contributed by atoms with Crippen LogP contribution in [0, 0.1) is 0 Å². The number of ether oxygens (including phenoxy) is 2. The lowest BCUT2D eigenvalue weighted by atomic mass is 10.1. The van der Waals surface area contributed by atoms with Crippen LogP contribution in [0.5, 0.6) is 0 Å². The second-order valence-corrected chi connectivity index (χ2v) is 5.23. The first-order valence-electron chi connectivity index (χ1n) is 7.90. The van der Waals surface area contributed by atoms with Crippen molar-refractivity contribution < 1.29 is 9.47 Å². The molecule has 0 amide bonds. The van der Waals surface area contributed by atoms with Crippen LogP contribution in [-0.2, 0) is 9.47 Å². The highest BCUT2D eigenvalue weighted by atomic mass is 16.7. The van der Waals surface area contributed by atoms with E-state index in [-0.39, 0.29) is 6.29 Å². The molecule has 0 saturated carbocycles. The molecule has 0 aromatic rings. The van der Waals surface area contributed by atoms with Gasteiger partial charge in [0.2, 0.25) is 0 Å². The molecule has 2 heteroatoms. The van der Waals surface area contributed by atoms with E-state index in [0.29, 0.717) is 0 Å². The zero-order valence-corrected chi connectivity index (χ0v) is 12.9. The molecule has 0 heterocycles. The second kappa shape index (κ2) is 15.0. The van der Waals surface area contributed by atoms with E-state index < -0.39 is 0 Å². The summed E-state index contributed by atoms with van der Waals surface area (Å²) in [5.41, 5.74) is 0. The highest BCUT2D eigenvalue weighted by Crippen LogP contribution is 2.13. The van der Waals surface area contributed by atoms with Crippen LogP contribution in [0.3, 0.4) is 0 Å².